The zero-order chi connectivity index (χ0) is 28.6. The Hall–Kier alpha value is -4.78. The van der Waals surface area contributed by atoms with Crippen molar-refractivity contribution in [2.75, 3.05) is 26.2 Å². The lowest BCUT2D eigenvalue weighted by atomic mass is 10.0. The molecule has 5 aromatic rings. The quantitative estimate of drug-likeness (QED) is 0.315. The summed E-state index contributed by atoms with van der Waals surface area (Å²) in [6, 6.07) is 16.7. The van der Waals surface area contributed by atoms with Crippen molar-refractivity contribution in [3.63, 3.8) is 0 Å². The molecule has 6 rings (SSSR count). The number of carbonyl (C=O) groups is 1. The number of nitrogens with zero attached hydrogens (tertiary/aromatic N) is 6. The van der Waals surface area contributed by atoms with Gasteiger partial charge in [0.2, 0.25) is 5.89 Å². The highest BCUT2D eigenvalue weighted by Crippen LogP contribution is 2.31. The lowest BCUT2D eigenvalue weighted by Gasteiger charge is -2.38. The molecule has 1 N–H and O–H groups in total. The van der Waals surface area contributed by atoms with Crippen LogP contribution in [0.15, 0.2) is 71.3 Å². The molecule has 13 heteroatoms. The fourth-order valence-corrected chi connectivity index (χ4v) is 4.89. The van der Waals surface area contributed by atoms with Crippen LogP contribution in [-0.4, -0.2) is 73.4 Å². The van der Waals surface area contributed by atoms with E-state index in [2.05, 4.69) is 34.8 Å². The Morgan fingerprint density at radius 2 is 1.80 bits per heavy atom. The van der Waals surface area contributed by atoms with Gasteiger partial charge in [-0.25, -0.2) is 9.97 Å². The Kier molecular flexibility index (Phi) is 6.87. The summed E-state index contributed by atoms with van der Waals surface area (Å²) in [7, 11) is 0. The summed E-state index contributed by atoms with van der Waals surface area (Å²) < 4.78 is 47.4. The zero-order valence-electron chi connectivity index (χ0n) is 21.8. The molecule has 0 radical (unpaired) electrons. The molecule has 1 amide bonds. The summed E-state index contributed by atoms with van der Waals surface area (Å²) in [5.41, 5.74) is 2.22. The molecule has 2 aromatic carbocycles. The van der Waals surface area contributed by atoms with Crippen LogP contribution in [0.4, 0.5) is 13.2 Å². The van der Waals surface area contributed by atoms with E-state index in [0.717, 1.165) is 23.5 Å². The first-order valence-corrected chi connectivity index (χ1v) is 12.8. The molecule has 10 nitrogen and oxygen atoms in total. The number of ether oxygens (including phenoxy) is 1. The lowest BCUT2D eigenvalue weighted by Crippen LogP contribution is -2.50. The van der Waals surface area contributed by atoms with Crippen LogP contribution >= 0.6 is 0 Å². The maximum absolute atomic E-state index is 13.4. The first-order valence-electron chi connectivity index (χ1n) is 12.8. The molecule has 1 aliphatic rings. The molecule has 0 bridgehead atoms. The zero-order valence-corrected chi connectivity index (χ0v) is 21.8. The number of hydrogen-bond acceptors (Lipinski definition) is 8. The highest BCUT2D eigenvalue weighted by molar-refractivity contribution is 5.93. The number of oxazole rings is 1. The first kappa shape index (κ1) is 26.4. The Morgan fingerprint density at radius 3 is 2.51 bits per heavy atom. The molecule has 1 saturated heterocycles. The number of alkyl halides is 3. The third-order valence-corrected chi connectivity index (χ3v) is 6.76. The third kappa shape index (κ3) is 5.75. The average Bonchev–Trinajstić information content (AvgIpc) is 3.59. The second-order valence-electron chi connectivity index (χ2n) is 9.55. The van der Waals surface area contributed by atoms with E-state index in [9.17, 15) is 18.0 Å². The van der Waals surface area contributed by atoms with Gasteiger partial charge < -0.3 is 14.1 Å². The number of benzene rings is 2. The Morgan fingerprint density at radius 1 is 1.02 bits per heavy atom. The van der Waals surface area contributed by atoms with Crippen LogP contribution in [0.3, 0.4) is 0 Å². The van der Waals surface area contributed by atoms with Crippen LogP contribution in [0.25, 0.3) is 22.6 Å². The topological polar surface area (TPSA) is 113 Å². The lowest BCUT2D eigenvalue weighted by molar-refractivity contribution is -0.274. The summed E-state index contributed by atoms with van der Waals surface area (Å²) in [5, 5.41) is 7.32. The molecule has 1 fully saturated rings. The van der Waals surface area contributed by atoms with E-state index in [1.807, 2.05) is 37.3 Å². The van der Waals surface area contributed by atoms with Gasteiger partial charge in [-0.05, 0) is 36.8 Å². The number of H-pyrrole nitrogens is 1. The molecule has 210 valence electrons. The number of amides is 1. The standard InChI is InChI=1S/C28H24F3N7O3/c1-17-33-25(36-35-17)24(18-5-3-2-4-6-18)37-11-13-38(14-12-37)27(39)22-15-19(9-10-32-22)26-34-21-16-20(41-28(29,30)31)7-8-23(21)40-26/h2-10,15-16,24H,11-14H2,1H3,(H,33,35,36). The van der Waals surface area contributed by atoms with Crippen molar-refractivity contribution in [2.24, 2.45) is 0 Å². The van der Waals surface area contributed by atoms with E-state index in [0.29, 0.717) is 37.6 Å². The highest BCUT2D eigenvalue weighted by Gasteiger charge is 2.32. The maximum atomic E-state index is 13.4. The normalized spacial score (nSPS) is 15.3. The molecule has 0 saturated carbocycles. The van der Waals surface area contributed by atoms with E-state index in [1.54, 1.807) is 17.0 Å². The van der Waals surface area contributed by atoms with Crippen molar-refractivity contribution < 1.29 is 27.1 Å². The number of piperazine rings is 1. The number of hydrogen-bond donors (Lipinski definition) is 1. The number of aromatic nitrogens is 5. The average molecular weight is 564 g/mol. The highest BCUT2D eigenvalue weighted by atomic mass is 19.4. The van der Waals surface area contributed by atoms with Crippen LogP contribution in [0.1, 0.15) is 33.7 Å². The molecular weight excluding hydrogens is 539 g/mol. The van der Waals surface area contributed by atoms with Crippen LogP contribution < -0.4 is 4.74 Å². The van der Waals surface area contributed by atoms with Crippen molar-refractivity contribution in [3.05, 3.63) is 89.8 Å². The number of rotatable bonds is 6. The summed E-state index contributed by atoms with van der Waals surface area (Å²) in [6.45, 7) is 4.01. The number of halogens is 3. The summed E-state index contributed by atoms with van der Waals surface area (Å²) in [5.74, 6) is 0.918. The molecule has 0 aliphatic carbocycles. The third-order valence-electron chi connectivity index (χ3n) is 6.76. The molecule has 4 heterocycles. The van der Waals surface area contributed by atoms with Gasteiger partial charge >= 0.3 is 6.36 Å². The van der Waals surface area contributed by atoms with Gasteiger partial charge in [-0.2, -0.15) is 5.10 Å². The minimum absolute atomic E-state index is 0.151. The summed E-state index contributed by atoms with van der Waals surface area (Å²) >= 11 is 0. The predicted molar refractivity (Wildman–Crippen MR) is 141 cm³/mol. The van der Waals surface area contributed by atoms with Crippen LogP contribution in [-0.2, 0) is 0 Å². The SMILES string of the molecule is Cc1nc(C(c2ccccc2)N2CCN(C(=O)c3cc(-c4nc5cc(OC(F)(F)F)ccc5o4)ccn3)CC2)n[nH]1. The van der Waals surface area contributed by atoms with Crippen molar-refractivity contribution in [3.8, 4) is 17.2 Å². The Balaban J connectivity index is 1.17. The van der Waals surface area contributed by atoms with Gasteiger partial charge in [0.15, 0.2) is 11.4 Å². The van der Waals surface area contributed by atoms with Crippen molar-refractivity contribution in [2.45, 2.75) is 19.3 Å². The molecule has 3 aromatic heterocycles. The van der Waals surface area contributed by atoms with Gasteiger partial charge in [-0.15, -0.1) is 13.2 Å². The number of aromatic amines is 1. The maximum Gasteiger partial charge on any atom is 0.573 e. The van der Waals surface area contributed by atoms with Crippen molar-refractivity contribution in [1.82, 2.24) is 34.9 Å². The second kappa shape index (κ2) is 10.7. The van der Waals surface area contributed by atoms with Gasteiger partial charge in [-0.3, -0.25) is 19.8 Å². The van der Waals surface area contributed by atoms with E-state index < -0.39 is 12.1 Å². The van der Waals surface area contributed by atoms with Gasteiger partial charge in [0, 0.05) is 44.0 Å². The molecule has 1 aliphatic heterocycles. The molecule has 1 atom stereocenters. The Labute approximate surface area is 231 Å². The fraction of sp³-hybridized carbons (Fsp3) is 0.250. The minimum Gasteiger partial charge on any atom is -0.436 e. The van der Waals surface area contributed by atoms with Gasteiger partial charge in [-0.1, -0.05) is 30.3 Å². The number of nitrogens with one attached hydrogen (secondary N) is 1. The van der Waals surface area contributed by atoms with E-state index in [4.69, 9.17) is 4.42 Å². The largest absolute Gasteiger partial charge is 0.573 e. The van der Waals surface area contributed by atoms with Crippen molar-refractivity contribution in [1.29, 1.82) is 0 Å². The summed E-state index contributed by atoms with van der Waals surface area (Å²) in [6.07, 6.45) is -3.34. The Bertz CT molecular complexity index is 1680. The molecule has 41 heavy (non-hydrogen) atoms. The van der Waals surface area contributed by atoms with Crippen LogP contribution in [0, 0.1) is 6.92 Å². The predicted octanol–water partition coefficient (Wildman–Crippen LogP) is 4.76. The summed E-state index contributed by atoms with van der Waals surface area (Å²) in [4.78, 5) is 30.5. The number of aryl methyl sites for hydroxylation is 1. The van der Waals surface area contributed by atoms with Crippen molar-refractivity contribution >= 4 is 17.0 Å². The van der Waals surface area contributed by atoms with Gasteiger partial charge in [0.05, 0.1) is 6.04 Å². The molecular formula is C28H24F3N7O3. The fourth-order valence-electron chi connectivity index (χ4n) is 4.89. The second-order valence-corrected chi connectivity index (χ2v) is 9.55. The monoisotopic (exact) mass is 563 g/mol. The van der Waals surface area contributed by atoms with Crippen LogP contribution in [0.5, 0.6) is 5.75 Å². The molecule has 1 unspecified atom stereocenters. The van der Waals surface area contributed by atoms with Crippen LogP contribution in [0.2, 0.25) is 0 Å². The minimum atomic E-state index is -4.82. The number of carbonyl (C=O) groups excluding carboxylic acids is 1. The van der Waals surface area contributed by atoms with Gasteiger partial charge in [0.1, 0.15) is 22.8 Å². The molecule has 0 spiro atoms. The number of pyridine rings is 1. The van der Waals surface area contributed by atoms with E-state index >= 15 is 0 Å². The van der Waals surface area contributed by atoms with Gasteiger partial charge in [0.25, 0.3) is 5.91 Å². The number of fused-ring (bicyclic) bond motifs is 1. The first-order chi connectivity index (χ1) is 19.7. The van der Waals surface area contributed by atoms with E-state index in [1.165, 1.54) is 12.3 Å². The van der Waals surface area contributed by atoms with E-state index in [-0.39, 0.29) is 34.6 Å². The smallest absolute Gasteiger partial charge is 0.436 e.